The van der Waals surface area contributed by atoms with Gasteiger partial charge in [0.15, 0.2) is 0 Å². The maximum Gasteiger partial charge on any atom is 0.261 e. The fourth-order valence-electron chi connectivity index (χ4n) is 3.66. The van der Waals surface area contributed by atoms with Gasteiger partial charge < -0.3 is 14.6 Å². The SMILES string of the molecule is COCCN1C(C)CN(C(=O)c2cc3ccc(F)cc3[nH]c2=O)CC1C. The van der Waals surface area contributed by atoms with E-state index in [2.05, 4.69) is 23.7 Å². The molecular weight excluding hydrogens is 337 g/mol. The van der Waals surface area contributed by atoms with Gasteiger partial charge in [0, 0.05) is 38.8 Å². The first-order chi connectivity index (χ1) is 12.4. The van der Waals surface area contributed by atoms with Gasteiger partial charge in [0.05, 0.1) is 12.1 Å². The highest BCUT2D eigenvalue weighted by atomic mass is 19.1. The molecule has 26 heavy (non-hydrogen) atoms. The molecule has 1 amide bonds. The minimum absolute atomic E-state index is 0.0915. The van der Waals surface area contributed by atoms with Crippen LogP contribution in [0.1, 0.15) is 24.2 Å². The number of aromatic nitrogens is 1. The Morgan fingerprint density at radius 1 is 1.27 bits per heavy atom. The van der Waals surface area contributed by atoms with E-state index in [-0.39, 0.29) is 23.6 Å². The number of hydrogen-bond donors (Lipinski definition) is 1. The van der Waals surface area contributed by atoms with Crippen LogP contribution in [0.5, 0.6) is 0 Å². The topological polar surface area (TPSA) is 65.6 Å². The van der Waals surface area contributed by atoms with Gasteiger partial charge in [-0.1, -0.05) is 0 Å². The van der Waals surface area contributed by atoms with Crippen molar-refractivity contribution in [2.75, 3.05) is 33.4 Å². The van der Waals surface area contributed by atoms with E-state index in [1.165, 1.54) is 12.1 Å². The molecule has 1 saturated heterocycles. The monoisotopic (exact) mass is 361 g/mol. The van der Waals surface area contributed by atoms with Crippen LogP contribution in [0.4, 0.5) is 4.39 Å². The molecule has 0 saturated carbocycles. The maximum absolute atomic E-state index is 13.3. The summed E-state index contributed by atoms with van der Waals surface area (Å²) in [5, 5.41) is 0.633. The molecule has 2 atom stereocenters. The lowest BCUT2D eigenvalue weighted by Gasteiger charge is -2.44. The number of carbonyl (C=O) groups is 1. The van der Waals surface area contributed by atoms with E-state index >= 15 is 0 Å². The van der Waals surface area contributed by atoms with Crippen molar-refractivity contribution in [2.45, 2.75) is 25.9 Å². The van der Waals surface area contributed by atoms with Gasteiger partial charge in [-0.15, -0.1) is 0 Å². The first-order valence-corrected chi connectivity index (χ1v) is 8.77. The van der Waals surface area contributed by atoms with Crippen molar-refractivity contribution >= 4 is 16.8 Å². The molecule has 140 valence electrons. The van der Waals surface area contributed by atoms with Gasteiger partial charge in [0.2, 0.25) is 0 Å². The van der Waals surface area contributed by atoms with E-state index in [0.717, 1.165) is 6.54 Å². The molecule has 0 radical (unpaired) electrons. The molecular formula is C19H24FN3O3. The number of carbonyl (C=O) groups excluding carboxylic acids is 1. The number of ether oxygens (including phenoxy) is 1. The van der Waals surface area contributed by atoms with Gasteiger partial charge in [-0.3, -0.25) is 14.5 Å². The van der Waals surface area contributed by atoms with E-state index < -0.39 is 11.4 Å². The number of benzene rings is 1. The number of pyridine rings is 1. The largest absolute Gasteiger partial charge is 0.383 e. The summed E-state index contributed by atoms with van der Waals surface area (Å²) >= 11 is 0. The van der Waals surface area contributed by atoms with E-state index in [4.69, 9.17) is 4.74 Å². The predicted octanol–water partition coefficient (Wildman–Crippen LogP) is 1.85. The lowest BCUT2D eigenvalue weighted by atomic mass is 10.1. The second kappa shape index (κ2) is 7.55. The van der Waals surface area contributed by atoms with E-state index in [1.54, 1.807) is 24.1 Å². The Labute approximate surface area is 151 Å². The number of fused-ring (bicyclic) bond motifs is 1. The highest BCUT2D eigenvalue weighted by Gasteiger charge is 2.32. The number of rotatable bonds is 4. The molecule has 6 nitrogen and oxygen atoms in total. The molecule has 7 heteroatoms. The highest BCUT2D eigenvalue weighted by molar-refractivity contribution is 5.97. The number of nitrogens with one attached hydrogen (secondary N) is 1. The summed E-state index contributed by atoms with van der Waals surface area (Å²) in [7, 11) is 1.67. The number of nitrogens with zero attached hydrogens (tertiary/aromatic N) is 2. The lowest BCUT2D eigenvalue weighted by Crippen LogP contribution is -2.59. The van der Waals surface area contributed by atoms with Gasteiger partial charge in [-0.2, -0.15) is 0 Å². The van der Waals surface area contributed by atoms with Crippen molar-refractivity contribution in [3.8, 4) is 0 Å². The number of piperazine rings is 1. The van der Waals surface area contributed by atoms with Crippen LogP contribution in [-0.2, 0) is 4.74 Å². The maximum atomic E-state index is 13.3. The van der Waals surface area contributed by atoms with Crippen LogP contribution in [0.2, 0.25) is 0 Å². The normalized spacial score (nSPS) is 21.3. The highest BCUT2D eigenvalue weighted by Crippen LogP contribution is 2.18. The van der Waals surface area contributed by atoms with Gasteiger partial charge >= 0.3 is 0 Å². The number of methoxy groups -OCH3 is 1. The molecule has 1 aromatic carbocycles. The Hall–Kier alpha value is -2.25. The molecule has 3 rings (SSSR count). The Morgan fingerprint density at radius 2 is 1.96 bits per heavy atom. The van der Waals surface area contributed by atoms with E-state index in [9.17, 15) is 14.0 Å². The third-order valence-corrected chi connectivity index (χ3v) is 4.98. The standard InChI is InChI=1S/C19H24FN3O3/c1-12-10-22(11-13(2)23(12)6-7-26-3)19(25)16-8-14-4-5-15(20)9-17(14)21-18(16)24/h4-5,8-9,12-13H,6-7,10-11H2,1-3H3,(H,21,24). The Morgan fingerprint density at radius 3 is 2.62 bits per heavy atom. The molecule has 1 N–H and O–H groups in total. The summed E-state index contributed by atoms with van der Waals surface area (Å²) in [5.41, 5.74) is -0.0123. The lowest BCUT2D eigenvalue weighted by molar-refractivity contribution is 0.0192. The van der Waals surface area contributed by atoms with Crippen molar-refractivity contribution in [3.05, 3.63) is 46.0 Å². The zero-order valence-corrected chi connectivity index (χ0v) is 15.3. The van der Waals surface area contributed by atoms with Crippen LogP contribution in [0, 0.1) is 5.82 Å². The van der Waals surface area contributed by atoms with Crippen LogP contribution >= 0.6 is 0 Å². The first kappa shape index (κ1) is 18.5. The van der Waals surface area contributed by atoms with Crippen LogP contribution in [0.15, 0.2) is 29.1 Å². The first-order valence-electron chi connectivity index (χ1n) is 8.77. The van der Waals surface area contributed by atoms with Crippen LogP contribution in [0.25, 0.3) is 10.9 Å². The Bertz CT molecular complexity index is 855. The number of halogens is 1. The van der Waals surface area contributed by atoms with Crippen molar-refractivity contribution in [1.82, 2.24) is 14.8 Å². The molecule has 2 unspecified atom stereocenters. The summed E-state index contributed by atoms with van der Waals surface area (Å²) < 4.78 is 18.5. The quantitative estimate of drug-likeness (QED) is 0.903. The zero-order valence-electron chi connectivity index (χ0n) is 15.3. The average Bonchev–Trinajstić information content (AvgIpc) is 2.59. The van der Waals surface area contributed by atoms with Crippen LogP contribution in [0.3, 0.4) is 0 Å². The molecule has 2 aromatic rings. The molecule has 1 aromatic heterocycles. The minimum atomic E-state index is -0.491. The van der Waals surface area contributed by atoms with Crippen LogP contribution in [-0.4, -0.2) is 66.1 Å². The number of aromatic amines is 1. The summed E-state index contributed by atoms with van der Waals surface area (Å²) in [6.45, 7) is 6.69. The fraction of sp³-hybridized carbons (Fsp3) is 0.474. The number of hydrogen-bond acceptors (Lipinski definition) is 4. The molecule has 1 aliphatic rings. The Kier molecular flexibility index (Phi) is 5.38. The van der Waals surface area contributed by atoms with Gasteiger partial charge in [-0.05, 0) is 43.5 Å². The summed E-state index contributed by atoms with van der Waals surface area (Å²) in [4.78, 5) is 31.9. The fourth-order valence-corrected chi connectivity index (χ4v) is 3.66. The van der Waals surface area contributed by atoms with Crippen molar-refractivity contribution in [2.24, 2.45) is 0 Å². The second-order valence-corrected chi connectivity index (χ2v) is 6.88. The molecule has 1 fully saturated rings. The third kappa shape index (κ3) is 3.64. The molecule has 0 bridgehead atoms. The Balaban J connectivity index is 1.83. The molecule has 0 spiro atoms. The van der Waals surface area contributed by atoms with Crippen molar-refractivity contribution in [1.29, 1.82) is 0 Å². The zero-order chi connectivity index (χ0) is 18.8. The van der Waals surface area contributed by atoms with E-state index in [0.29, 0.717) is 30.6 Å². The van der Waals surface area contributed by atoms with Gasteiger partial charge in [-0.25, -0.2) is 4.39 Å². The van der Waals surface area contributed by atoms with Crippen molar-refractivity contribution < 1.29 is 13.9 Å². The molecule has 0 aliphatic carbocycles. The molecule has 2 heterocycles. The van der Waals surface area contributed by atoms with Gasteiger partial charge in [0.1, 0.15) is 11.4 Å². The number of amides is 1. The summed E-state index contributed by atoms with van der Waals surface area (Å²) in [6, 6.07) is 6.02. The minimum Gasteiger partial charge on any atom is -0.383 e. The smallest absolute Gasteiger partial charge is 0.261 e. The average molecular weight is 361 g/mol. The second-order valence-electron chi connectivity index (χ2n) is 6.88. The summed E-state index contributed by atoms with van der Waals surface area (Å²) in [5.74, 6) is -0.718. The predicted molar refractivity (Wildman–Crippen MR) is 97.9 cm³/mol. The van der Waals surface area contributed by atoms with Gasteiger partial charge in [0.25, 0.3) is 11.5 Å². The third-order valence-electron chi connectivity index (χ3n) is 4.98. The van der Waals surface area contributed by atoms with E-state index in [1.807, 2.05) is 0 Å². The number of H-pyrrole nitrogens is 1. The molecule has 1 aliphatic heterocycles. The van der Waals surface area contributed by atoms with Crippen LogP contribution < -0.4 is 5.56 Å². The van der Waals surface area contributed by atoms with Crippen molar-refractivity contribution in [3.63, 3.8) is 0 Å². The summed E-state index contributed by atoms with van der Waals surface area (Å²) in [6.07, 6.45) is 0.